The largest absolute Gasteiger partial charge is 0.489 e. The van der Waals surface area contributed by atoms with Crippen molar-refractivity contribution in [1.82, 2.24) is 0 Å². The molecule has 2 aliphatic rings. The molecule has 1 N–H and O–H groups in total. The molecule has 1 fully saturated rings. The zero-order valence-electron chi connectivity index (χ0n) is 20.7. The van der Waals surface area contributed by atoms with Gasteiger partial charge in [0.25, 0.3) is 0 Å². The predicted molar refractivity (Wildman–Crippen MR) is 137 cm³/mol. The number of fused-ring (bicyclic) bond motifs is 1. The van der Waals surface area contributed by atoms with Crippen LogP contribution in [0.2, 0.25) is 0 Å². The number of hydrogen-bond donors (Lipinski definition) is 1. The van der Waals surface area contributed by atoms with E-state index in [1.807, 2.05) is 44.2 Å². The molecule has 1 unspecified atom stereocenters. The third-order valence-corrected chi connectivity index (χ3v) is 8.04. The van der Waals surface area contributed by atoms with Crippen LogP contribution in [0.4, 0.5) is 0 Å². The summed E-state index contributed by atoms with van der Waals surface area (Å²) in [6.45, 7) is 6.35. The van der Waals surface area contributed by atoms with E-state index in [1.165, 1.54) is 25.7 Å². The summed E-state index contributed by atoms with van der Waals surface area (Å²) in [4.78, 5) is 24.6. The van der Waals surface area contributed by atoms with Gasteiger partial charge in [0.05, 0.1) is 5.56 Å². The molecule has 1 saturated carbocycles. The number of Topliss-reactive ketones (excluding diaryl/α,β-unsaturated/α-hetero) is 1. The van der Waals surface area contributed by atoms with Crippen molar-refractivity contribution in [2.45, 2.75) is 59.5 Å². The molecule has 0 radical (unpaired) electrons. The minimum Gasteiger partial charge on any atom is -0.489 e. The first-order valence-corrected chi connectivity index (χ1v) is 12.6. The van der Waals surface area contributed by atoms with Gasteiger partial charge < -0.3 is 9.84 Å². The number of carbonyl (C=O) groups excluding carboxylic acids is 1. The Hall–Kier alpha value is -3.40. The van der Waals surface area contributed by atoms with E-state index < -0.39 is 5.97 Å². The lowest BCUT2D eigenvalue weighted by Gasteiger charge is -2.16. The highest BCUT2D eigenvalue weighted by atomic mass is 16.5. The van der Waals surface area contributed by atoms with Crippen LogP contribution in [0.15, 0.2) is 48.5 Å². The number of aromatic carboxylic acids is 1. The number of carbonyl (C=O) groups is 2. The first-order chi connectivity index (χ1) is 16.8. The summed E-state index contributed by atoms with van der Waals surface area (Å²) in [5, 5.41) is 9.30. The maximum atomic E-state index is 13.2. The van der Waals surface area contributed by atoms with Gasteiger partial charge in [-0.15, -0.1) is 0 Å². The first-order valence-electron chi connectivity index (χ1n) is 12.6. The Morgan fingerprint density at radius 1 is 0.971 bits per heavy atom. The van der Waals surface area contributed by atoms with Crippen molar-refractivity contribution in [2.75, 3.05) is 0 Å². The lowest BCUT2D eigenvalue weighted by Crippen LogP contribution is -2.18. The summed E-state index contributed by atoms with van der Waals surface area (Å²) in [7, 11) is 0. The van der Waals surface area contributed by atoms with Crippen LogP contribution in [-0.4, -0.2) is 16.9 Å². The van der Waals surface area contributed by atoms with Gasteiger partial charge in [0.15, 0.2) is 5.78 Å². The third-order valence-electron chi connectivity index (χ3n) is 8.04. The van der Waals surface area contributed by atoms with Gasteiger partial charge in [-0.05, 0) is 103 Å². The Morgan fingerprint density at radius 3 is 2.43 bits per heavy atom. The number of carboxylic acid groups (broad SMARTS) is 1. The summed E-state index contributed by atoms with van der Waals surface area (Å²) < 4.78 is 6.30. The highest BCUT2D eigenvalue weighted by Crippen LogP contribution is 2.43. The van der Waals surface area contributed by atoms with Crippen LogP contribution in [0, 0.1) is 32.6 Å². The van der Waals surface area contributed by atoms with Crippen LogP contribution in [0.5, 0.6) is 5.75 Å². The van der Waals surface area contributed by atoms with Crippen LogP contribution < -0.4 is 4.74 Å². The minimum absolute atomic E-state index is 0.147. The summed E-state index contributed by atoms with van der Waals surface area (Å²) in [6.07, 6.45) is 5.71. The SMILES string of the molecule is Cc1cc(-c2cccc(COc3cc4c(c(C)c3C)C(=O)C(C3CCCC3)C4)c2)ccc1C(=O)O. The molecule has 5 rings (SSSR count). The molecule has 3 aromatic rings. The lowest BCUT2D eigenvalue weighted by molar-refractivity contribution is 0.0695. The van der Waals surface area contributed by atoms with E-state index in [2.05, 4.69) is 19.1 Å². The highest BCUT2D eigenvalue weighted by Gasteiger charge is 2.39. The number of ketones is 1. The molecule has 0 heterocycles. The summed E-state index contributed by atoms with van der Waals surface area (Å²) in [5.41, 5.74) is 8.30. The van der Waals surface area contributed by atoms with E-state index in [-0.39, 0.29) is 5.92 Å². The average molecular weight is 469 g/mol. The van der Waals surface area contributed by atoms with Gasteiger partial charge in [-0.2, -0.15) is 0 Å². The van der Waals surface area contributed by atoms with Crippen molar-refractivity contribution >= 4 is 11.8 Å². The molecule has 0 aromatic heterocycles. The lowest BCUT2D eigenvalue weighted by atomic mass is 9.87. The Balaban J connectivity index is 1.35. The molecule has 0 spiro atoms. The van der Waals surface area contributed by atoms with Crippen molar-refractivity contribution in [2.24, 2.45) is 11.8 Å². The number of benzene rings is 3. The molecule has 3 aromatic carbocycles. The van der Waals surface area contributed by atoms with Gasteiger partial charge in [-0.25, -0.2) is 4.79 Å². The van der Waals surface area contributed by atoms with Crippen LogP contribution >= 0.6 is 0 Å². The number of aryl methyl sites for hydroxylation is 1. The normalized spacial score (nSPS) is 17.6. The Bertz CT molecular complexity index is 1310. The fraction of sp³-hybridized carbons (Fsp3) is 0.355. The van der Waals surface area contributed by atoms with Gasteiger partial charge in [0.2, 0.25) is 0 Å². The maximum absolute atomic E-state index is 13.2. The molecular weight excluding hydrogens is 436 g/mol. The summed E-state index contributed by atoms with van der Waals surface area (Å²) in [6, 6.07) is 15.7. The monoisotopic (exact) mass is 468 g/mol. The van der Waals surface area contributed by atoms with Gasteiger partial charge in [-0.3, -0.25) is 4.79 Å². The molecule has 1 atom stereocenters. The van der Waals surface area contributed by atoms with E-state index in [9.17, 15) is 14.7 Å². The van der Waals surface area contributed by atoms with Crippen LogP contribution in [0.3, 0.4) is 0 Å². The van der Waals surface area contributed by atoms with Gasteiger partial charge in [0.1, 0.15) is 12.4 Å². The van der Waals surface area contributed by atoms with Crippen molar-refractivity contribution in [3.8, 4) is 16.9 Å². The van der Waals surface area contributed by atoms with Crippen molar-refractivity contribution < 1.29 is 19.4 Å². The Morgan fingerprint density at radius 2 is 1.71 bits per heavy atom. The van der Waals surface area contributed by atoms with Crippen LogP contribution in [0.25, 0.3) is 11.1 Å². The first kappa shape index (κ1) is 23.3. The van der Waals surface area contributed by atoms with Crippen molar-refractivity contribution in [3.63, 3.8) is 0 Å². The number of carboxylic acids is 1. The second-order valence-corrected chi connectivity index (χ2v) is 10.2. The molecule has 35 heavy (non-hydrogen) atoms. The van der Waals surface area contributed by atoms with E-state index in [4.69, 9.17) is 4.74 Å². The zero-order valence-corrected chi connectivity index (χ0v) is 20.7. The second-order valence-electron chi connectivity index (χ2n) is 10.2. The second kappa shape index (κ2) is 9.33. The predicted octanol–water partition coefficient (Wildman–Crippen LogP) is 7.10. The van der Waals surface area contributed by atoms with E-state index >= 15 is 0 Å². The number of rotatable bonds is 6. The quantitative estimate of drug-likeness (QED) is 0.419. The number of hydrogen-bond acceptors (Lipinski definition) is 3. The van der Waals surface area contributed by atoms with E-state index in [0.29, 0.717) is 23.9 Å². The Kier molecular flexibility index (Phi) is 6.22. The summed E-state index contributed by atoms with van der Waals surface area (Å²) >= 11 is 0. The Labute approximate surface area is 207 Å². The minimum atomic E-state index is -0.910. The van der Waals surface area contributed by atoms with Crippen molar-refractivity contribution in [1.29, 1.82) is 0 Å². The average Bonchev–Trinajstić information content (AvgIpc) is 3.48. The molecule has 2 aliphatic carbocycles. The van der Waals surface area contributed by atoms with Gasteiger partial charge in [-0.1, -0.05) is 43.2 Å². The van der Waals surface area contributed by atoms with Crippen LogP contribution in [0.1, 0.15) is 74.2 Å². The fourth-order valence-electron chi connectivity index (χ4n) is 5.95. The molecule has 0 amide bonds. The van der Waals surface area contributed by atoms with Gasteiger partial charge >= 0.3 is 5.97 Å². The fourth-order valence-corrected chi connectivity index (χ4v) is 5.95. The smallest absolute Gasteiger partial charge is 0.335 e. The zero-order chi connectivity index (χ0) is 24.7. The molecule has 0 aliphatic heterocycles. The molecular formula is C31H32O4. The highest BCUT2D eigenvalue weighted by molar-refractivity contribution is 6.04. The summed E-state index contributed by atoms with van der Waals surface area (Å²) in [5.74, 6) is 0.972. The molecule has 0 bridgehead atoms. The van der Waals surface area contributed by atoms with E-state index in [1.54, 1.807) is 6.07 Å². The standard InChI is InChI=1S/C31H32O4/c1-18-13-24(11-12-26(18)31(33)34)23-10-6-7-21(14-23)17-35-28-16-25-15-27(22-8-4-5-9-22)30(32)29(25)20(3)19(28)2/h6-7,10-14,16,22,27H,4-5,8-9,15,17H2,1-3H3,(H,33,34). The van der Waals surface area contributed by atoms with Crippen LogP contribution in [-0.2, 0) is 13.0 Å². The molecule has 180 valence electrons. The topological polar surface area (TPSA) is 63.6 Å². The maximum Gasteiger partial charge on any atom is 0.335 e. The van der Waals surface area contributed by atoms with Gasteiger partial charge in [0, 0.05) is 11.5 Å². The number of ether oxygens (including phenoxy) is 1. The molecule has 4 nitrogen and oxygen atoms in total. The molecule has 4 heteroatoms. The third kappa shape index (κ3) is 4.38. The van der Waals surface area contributed by atoms with E-state index in [0.717, 1.165) is 56.7 Å². The molecule has 0 saturated heterocycles. The van der Waals surface area contributed by atoms with Crippen molar-refractivity contribution in [3.05, 3.63) is 87.5 Å².